The topological polar surface area (TPSA) is 38.1 Å². The second-order valence-corrected chi connectivity index (χ2v) is 3.88. The molecule has 3 nitrogen and oxygen atoms in total. The maximum Gasteiger partial charge on any atom is 0.134 e. The summed E-state index contributed by atoms with van der Waals surface area (Å²) in [6.07, 6.45) is 0. The monoisotopic (exact) mass is 261 g/mol. The fraction of sp³-hybridized carbons (Fsp3) is 0. The van der Waals surface area contributed by atoms with Crippen molar-refractivity contribution in [3.05, 3.63) is 16.1 Å². The molecule has 0 aliphatic carbocycles. The number of halogens is 2. The van der Waals surface area contributed by atoms with E-state index in [-0.39, 0.29) is 0 Å². The van der Waals surface area contributed by atoms with Crippen molar-refractivity contribution < 1.29 is 0 Å². The highest BCUT2D eigenvalue weighted by atomic mass is 35.5. The quantitative estimate of drug-likeness (QED) is 0.580. The summed E-state index contributed by atoms with van der Waals surface area (Å²) in [6.45, 7) is 0. The summed E-state index contributed by atoms with van der Waals surface area (Å²) in [6, 6.07) is 1.57. The summed E-state index contributed by atoms with van der Waals surface area (Å²) in [5.74, 6) is 0. The Morgan fingerprint density at radius 3 is 2.71 bits per heavy atom. The zero-order chi connectivity index (χ0) is 10.1. The molecule has 2 rings (SSSR count). The molecule has 0 radical (unpaired) electrons. The smallest absolute Gasteiger partial charge is 0.134 e. The van der Waals surface area contributed by atoms with Crippen molar-refractivity contribution in [3.63, 3.8) is 0 Å². The SMILES string of the molecule is S=C=Nc1c(Cl)cc(Cl)c2nsnc12. The van der Waals surface area contributed by atoms with Gasteiger partial charge in [-0.2, -0.15) is 13.7 Å². The van der Waals surface area contributed by atoms with Gasteiger partial charge in [0.1, 0.15) is 16.7 Å². The Balaban J connectivity index is 2.92. The molecule has 0 N–H and O–H groups in total. The molecule has 0 saturated heterocycles. The Kier molecular flexibility index (Phi) is 2.76. The first-order valence-corrected chi connectivity index (χ1v) is 5.31. The zero-order valence-electron chi connectivity index (χ0n) is 6.49. The largest absolute Gasteiger partial charge is 0.191 e. The van der Waals surface area contributed by atoms with Crippen LogP contribution < -0.4 is 0 Å². The summed E-state index contributed by atoms with van der Waals surface area (Å²) in [4.78, 5) is 3.83. The molecule has 0 amide bonds. The van der Waals surface area contributed by atoms with Crippen molar-refractivity contribution in [1.29, 1.82) is 0 Å². The van der Waals surface area contributed by atoms with Crippen LogP contribution in [0, 0.1) is 0 Å². The lowest BCUT2D eigenvalue weighted by molar-refractivity contribution is 1.54. The van der Waals surface area contributed by atoms with E-state index >= 15 is 0 Å². The molecule has 70 valence electrons. The van der Waals surface area contributed by atoms with E-state index in [1.54, 1.807) is 6.07 Å². The highest BCUT2D eigenvalue weighted by Crippen LogP contribution is 2.36. The zero-order valence-corrected chi connectivity index (χ0v) is 9.64. The van der Waals surface area contributed by atoms with Gasteiger partial charge in [0.25, 0.3) is 0 Å². The highest BCUT2D eigenvalue weighted by molar-refractivity contribution is 7.78. The summed E-state index contributed by atoms with van der Waals surface area (Å²) in [5, 5.41) is 3.10. The number of hydrogen-bond donors (Lipinski definition) is 0. The van der Waals surface area contributed by atoms with Crippen LogP contribution in [0.15, 0.2) is 11.1 Å². The van der Waals surface area contributed by atoms with Gasteiger partial charge in [-0.15, -0.1) is 0 Å². The second kappa shape index (κ2) is 3.88. The number of fused-ring (bicyclic) bond motifs is 1. The molecule has 0 fully saturated rings. The van der Waals surface area contributed by atoms with E-state index in [1.165, 1.54) is 0 Å². The maximum absolute atomic E-state index is 5.92. The molecule has 0 saturated carbocycles. The number of benzene rings is 1. The van der Waals surface area contributed by atoms with E-state index in [0.717, 1.165) is 11.7 Å². The van der Waals surface area contributed by atoms with Crippen LogP contribution in [0.5, 0.6) is 0 Å². The molecule has 1 aromatic carbocycles. The first-order valence-electron chi connectivity index (χ1n) is 3.42. The summed E-state index contributed by atoms with van der Waals surface area (Å²) < 4.78 is 8.06. The predicted molar refractivity (Wildman–Crippen MR) is 62.1 cm³/mol. The summed E-state index contributed by atoms with van der Waals surface area (Å²) >= 11 is 17.4. The van der Waals surface area contributed by atoms with Gasteiger partial charge in [-0.1, -0.05) is 23.2 Å². The van der Waals surface area contributed by atoms with E-state index in [0.29, 0.717) is 26.8 Å². The van der Waals surface area contributed by atoms with Gasteiger partial charge >= 0.3 is 0 Å². The average molecular weight is 262 g/mol. The van der Waals surface area contributed by atoms with Gasteiger partial charge in [0.15, 0.2) is 0 Å². The predicted octanol–water partition coefficient (Wildman–Crippen LogP) is 3.73. The Morgan fingerprint density at radius 2 is 2.00 bits per heavy atom. The normalized spacial score (nSPS) is 10.1. The van der Waals surface area contributed by atoms with Crippen LogP contribution in [0.2, 0.25) is 10.0 Å². The first kappa shape index (κ1) is 9.96. The van der Waals surface area contributed by atoms with Crippen LogP contribution in [-0.2, 0) is 0 Å². The van der Waals surface area contributed by atoms with Gasteiger partial charge in [-0.3, -0.25) is 0 Å². The van der Waals surface area contributed by atoms with Crippen LogP contribution in [0.3, 0.4) is 0 Å². The lowest BCUT2D eigenvalue weighted by Gasteiger charge is -1.97. The summed E-state index contributed by atoms with van der Waals surface area (Å²) in [7, 11) is 0. The van der Waals surface area contributed by atoms with E-state index < -0.39 is 0 Å². The van der Waals surface area contributed by atoms with Crippen molar-refractivity contribution in [1.82, 2.24) is 8.75 Å². The van der Waals surface area contributed by atoms with Crippen molar-refractivity contribution in [2.75, 3.05) is 0 Å². The Morgan fingerprint density at radius 1 is 1.29 bits per heavy atom. The molecule has 0 bridgehead atoms. The van der Waals surface area contributed by atoms with Gasteiger partial charge in [0.05, 0.1) is 26.9 Å². The number of thiocarbonyl (C=S) groups is 1. The van der Waals surface area contributed by atoms with Gasteiger partial charge in [-0.05, 0) is 18.3 Å². The number of aromatic nitrogens is 2. The van der Waals surface area contributed by atoms with Crippen LogP contribution in [0.25, 0.3) is 11.0 Å². The number of rotatable bonds is 1. The minimum atomic E-state index is 0.396. The molecular formula is C7HCl2N3S2. The van der Waals surface area contributed by atoms with Crippen LogP contribution in [0.1, 0.15) is 0 Å². The van der Waals surface area contributed by atoms with Crippen LogP contribution >= 0.6 is 47.1 Å². The lowest BCUT2D eigenvalue weighted by Crippen LogP contribution is -1.76. The molecule has 1 heterocycles. The fourth-order valence-corrected chi connectivity index (χ4v) is 2.25. The Hall–Kier alpha value is -0.580. The molecule has 7 heteroatoms. The summed E-state index contributed by atoms with van der Waals surface area (Å²) in [5.41, 5.74) is 1.62. The second-order valence-electron chi connectivity index (χ2n) is 2.35. The van der Waals surface area contributed by atoms with Crippen LogP contribution in [0.4, 0.5) is 5.69 Å². The molecule has 0 aliphatic heterocycles. The van der Waals surface area contributed by atoms with Crippen molar-refractivity contribution in [2.24, 2.45) is 4.99 Å². The molecule has 14 heavy (non-hydrogen) atoms. The number of hydrogen-bond acceptors (Lipinski definition) is 5. The van der Waals surface area contributed by atoms with Crippen molar-refractivity contribution >= 4 is 69.0 Å². The molecule has 0 spiro atoms. The van der Waals surface area contributed by atoms with E-state index in [1.807, 2.05) is 0 Å². The van der Waals surface area contributed by atoms with E-state index in [9.17, 15) is 0 Å². The molecular weight excluding hydrogens is 261 g/mol. The molecule has 0 atom stereocenters. The molecule has 2 aromatic rings. The lowest BCUT2D eigenvalue weighted by atomic mass is 10.2. The fourth-order valence-electron chi connectivity index (χ4n) is 1.01. The highest BCUT2D eigenvalue weighted by Gasteiger charge is 2.12. The average Bonchev–Trinajstić information content (AvgIpc) is 2.60. The van der Waals surface area contributed by atoms with Crippen LogP contribution in [-0.4, -0.2) is 13.9 Å². The van der Waals surface area contributed by atoms with Gasteiger partial charge < -0.3 is 0 Å². The van der Waals surface area contributed by atoms with Crippen molar-refractivity contribution in [2.45, 2.75) is 0 Å². The Bertz CT molecular complexity index is 545. The first-order chi connectivity index (χ1) is 6.74. The van der Waals surface area contributed by atoms with Gasteiger partial charge in [0.2, 0.25) is 0 Å². The van der Waals surface area contributed by atoms with E-state index in [2.05, 4.69) is 31.1 Å². The number of aliphatic imine (C=N–C) groups is 1. The maximum atomic E-state index is 5.92. The van der Waals surface area contributed by atoms with Gasteiger partial charge in [-0.25, -0.2) is 0 Å². The minimum Gasteiger partial charge on any atom is -0.191 e. The standard InChI is InChI=1S/C7HCl2N3S2/c8-3-1-4(9)6-7(12-14-11-6)5(3)10-2-13/h1H. The number of nitrogens with zero attached hydrogens (tertiary/aromatic N) is 3. The van der Waals surface area contributed by atoms with E-state index in [4.69, 9.17) is 23.2 Å². The minimum absolute atomic E-state index is 0.396. The molecule has 0 unspecified atom stereocenters. The molecule has 0 aliphatic rings. The van der Waals surface area contributed by atoms with Crippen molar-refractivity contribution in [3.8, 4) is 0 Å². The third-order valence-electron chi connectivity index (χ3n) is 1.58. The third kappa shape index (κ3) is 1.54. The third-order valence-corrected chi connectivity index (χ3v) is 2.77. The number of isothiocyanates is 1. The Labute approximate surface area is 98.7 Å². The van der Waals surface area contributed by atoms with Gasteiger partial charge in [0, 0.05) is 0 Å². The molecule has 1 aromatic heterocycles.